The third-order valence-corrected chi connectivity index (χ3v) is 7.21. The fourth-order valence-electron chi connectivity index (χ4n) is 3.89. The van der Waals surface area contributed by atoms with Crippen molar-refractivity contribution in [2.75, 3.05) is 58.6 Å². The van der Waals surface area contributed by atoms with Crippen molar-refractivity contribution in [1.29, 1.82) is 0 Å². The molecule has 0 spiro atoms. The second-order valence-corrected chi connectivity index (χ2v) is 9.56. The van der Waals surface area contributed by atoms with Crippen molar-refractivity contribution in [3.63, 3.8) is 0 Å². The Balaban J connectivity index is 0.00000364. The highest BCUT2D eigenvalue weighted by molar-refractivity contribution is 14.0. The SMILES string of the molecule is CCNC(=NCCN1CCCN(C)CC1)NC1CCCC(S(=O)CC)C1.I. The number of hydrogen-bond acceptors (Lipinski definition) is 4. The zero-order chi connectivity index (χ0) is 18.8. The molecule has 0 radical (unpaired) electrons. The Morgan fingerprint density at radius 2 is 1.96 bits per heavy atom. The Morgan fingerprint density at radius 1 is 1.15 bits per heavy atom. The minimum atomic E-state index is -0.677. The number of hydrogen-bond donors (Lipinski definition) is 2. The second-order valence-electron chi connectivity index (χ2n) is 7.56. The van der Waals surface area contributed by atoms with Gasteiger partial charge in [0.15, 0.2) is 5.96 Å². The highest BCUT2D eigenvalue weighted by Crippen LogP contribution is 2.22. The molecule has 2 fully saturated rings. The van der Waals surface area contributed by atoms with Crippen molar-refractivity contribution in [1.82, 2.24) is 20.4 Å². The summed E-state index contributed by atoms with van der Waals surface area (Å²) in [5.74, 6) is 1.70. The zero-order valence-electron chi connectivity index (χ0n) is 17.4. The molecule has 0 aromatic carbocycles. The van der Waals surface area contributed by atoms with E-state index >= 15 is 0 Å². The predicted molar refractivity (Wildman–Crippen MR) is 128 cm³/mol. The molecule has 3 unspecified atom stereocenters. The van der Waals surface area contributed by atoms with Gasteiger partial charge in [0.25, 0.3) is 0 Å². The normalized spacial score (nSPS) is 26.7. The summed E-state index contributed by atoms with van der Waals surface area (Å²) in [6.07, 6.45) is 5.67. The van der Waals surface area contributed by atoms with Gasteiger partial charge in [-0.2, -0.15) is 0 Å². The Bertz CT molecular complexity index is 465. The molecule has 27 heavy (non-hydrogen) atoms. The minimum Gasteiger partial charge on any atom is -0.357 e. The standard InChI is InChI=1S/C19H39N5OS.HI/c1-4-20-19(21-10-13-24-12-7-11-23(3)14-15-24)22-17-8-6-9-18(16-17)26(25)5-2;/h17-18H,4-16H2,1-3H3,(H2,20,21,22);1H. The third kappa shape index (κ3) is 9.41. The highest BCUT2D eigenvalue weighted by Gasteiger charge is 2.26. The first-order chi connectivity index (χ1) is 12.6. The van der Waals surface area contributed by atoms with Crippen LogP contribution in [0.3, 0.4) is 0 Å². The topological polar surface area (TPSA) is 60.0 Å². The lowest BCUT2D eigenvalue weighted by molar-refractivity contribution is 0.283. The third-order valence-electron chi connectivity index (χ3n) is 5.47. The summed E-state index contributed by atoms with van der Waals surface area (Å²) in [7, 11) is 1.53. The van der Waals surface area contributed by atoms with Gasteiger partial charge in [-0.05, 0) is 52.7 Å². The van der Waals surface area contributed by atoms with Gasteiger partial charge in [0, 0.05) is 54.0 Å². The van der Waals surface area contributed by atoms with E-state index in [0.29, 0.717) is 11.3 Å². The molecule has 2 N–H and O–H groups in total. The molecule has 0 aromatic heterocycles. The van der Waals surface area contributed by atoms with Gasteiger partial charge in [-0.25, -0.2) is 0 Å². The molecule has 1 aliphatic heterocycles. The van der Waals surface area contributed by atoms with Gasteiger partial charge in [-0.3, -0.25) is 9.20 Å². The summed E-state index contributed by atoms with van der Waals surface area (Å²) in [5.41, 5.74) is 0. The van der Waals surface area contributed by atoms with Gasteiger partial charge < -0.3 is 20.4 Å². The first-order valence-electron chi connectivity index (χ1n) is 10.4. The molecule has 8 heteroatoms. The Kier molecular flexibility index (Phi) is 13.1. The average Bonchev–Trinajstić information content (AvgIpc) is 2.86. The van der Waals surface area contributed by atoms with E-state index < -0.39 is 10.8 Å². The van der Waals surface area contributed by atoms with Crippen molar-refractivity contribution < 1.29 is 4.21 Å². The highest BCUT2D eigenvalue weighted by atomic mass is 127. The molecule has 160 valence electrons. The van der Waals surface area contributed by atoms with Crippen LogP contribution < -0.4 is 10.6 Å². The quantitative estimate of drug-likeness (QED) is 0.309. The number of likely N-dealkylation sites (N-methyl/N-ethyl adjacent to an activating group) is 1. The molecule has 2 rings (SSSR count). The molecule has 2 aliphatic rings. The monoisotopic (exact) mass is 513 g/mol. The Hall–Kier alpha value is 0.0700. The molecule has 1 saturated heterocycles. The van der Waals surface area contributed by atoms with E-state index in [1.165, 1.54) is 19.5 Å². The van der Waals surface area contributed by atoms with Gasteiger partial charge in [0.1, 0.15) is 0 Å². The van der Waals surface area contributed by atoms with Crippen LogP contribution >= 0.6 is 24.0 Å². The molecule has 6 nitrogen and oxygen atoms in total. The van der Waals surface area contributed by atoms with Gasteiger partial charge in [0.2, 0.25) is 0 Å². The predicted octanol–water partition coefficient (Wildman–Crippen LogP) is 1.88. The fraction of sp³-hybridized carbons (Fsp3) is 0.947. The minimum absolute atomic E-state index is 0. The summed E-state index contributed by atoms with van der Waals surface area (Å²) < 4.78 is 12.2. The lowest BCUT2D eigenvalue weighted by atomic mass is 9.95. The molecular formula is C19H40IN5OS. The van der Waals surface area contributed by atoms with E-state index in [9.17, 15) is 4.21 Å². The van der Waals surface area contributed by atoms with Crippen LogP contribution in [-0.4, -0.2) is 89.9 Å². The molecule has 0 aromatic rings. The molecule has 1 saturated carbocycles. The fourth-order valence-corrected chi connectivity index (χ4v) is 5.24. The number of aliphatic imine (C=N–C) groups is 1. The molecular weight excluding hydrogens is 473 g/mol. The van der Waals surface area contributed by atoms with E-state index in [0.717, 1.165) is 70.1 Å². The summed E-state index contributed by atoms with van der Waals surface area (Å²) in [6.45, 7) is 11.5. The maximum Gasteiger partial charge on any atom is 0.191 e. The van der Waals surface area contributed by atoms with Crippen LogP contribution in [0.4, 0.5) is 0 Å². The van der Waals surface area contributed by atoms with Gasteiger partial charge in [-0.1, -0.05) is 13.3 Å². The number of nitrogens with one attached hydrogen (secondary N) is 2. The molecule has 0 amide bonds. The number of rotatable bonds is 7. The molecule has 1 heterocycles. The van der Waals surface area contributed by atoms with Crippen molar-refractivity contribution >= 4 is 40.7 Å². The molecule has 0 bridgehead atoms. The van der Waals surface area contributed by atoms with Gasteiger partial charge >= 0.3 is 0 Å². The largest absolute Gasteiger partial charge is 0.357 e. The Morgan fingerprint density at radius 3 is 2.70 bits per heavy atom. The maximum absolute atomic E-state index is 12.2. The first-order valence-corrected chi connectivity index (χ1v) is 11.8. The van der Waals surface area contributed by atoms with Crippen LogP contribution in [-0.2, 0) is 10.8 Å². The summed E-state index contributed by atoms with van der Waals surface area (Å²) >= 11 is 0. The van der Waals surface area contributed by atoms with Crippen LogP contribution in [0.25, 0.3) is 0 Å². The first kappa shape index (κ1) is 25.1. The smallest absolute Gasteiger partial charge is 0.191 e. The van der Waals surface area contributed by atoms with Gasteiger partial charge in [0.05, 0.1) is 6.54 Å². The van der Waals surface area contributed by atoms with Crippen molar-refractivity contribution in [3.05, 3.63) is 0 Å². The van der Waals surface area contributed by atoms with E-state index in [4.69, 9.17) is 4.99 Å². The van der Waals surface area contributed by atoms with Crippen LogP contribution in [0.5, 0.6) is 0 Å². The zero-order valence-corrected chi connectivity index (χ0v) is 20.6. The second kappa shape index (κ2) is 14.1. The lowest BCUT2D eigenvalue weighted by Crippen LogP contribution is -2.47. The number of halogens is 1. The maximum atomic E-state index is 12.2. The van der Waals surface area contributed by atoms with Crippen LogP contribution in [0.1, 0.15) is 46.0 Å². The van der Waals surface area contributed by atoms with Gasteiger partial charge in [-0.15, -0.1) is 24.0 Å². The summed E-state index contributed by atoms with van der Waals surface area (Å²) in [6, 6.07) is 0.397. The van der Waals surface area contributed by atoms with Crippen LogP contribution in [0.15, 0.2) is 4.99 Å². The van der Waals surface area contributed by atoms with E-state index in [-0.39, 0.29) is 24.0 Å². The van der Waals surface area contributed by atoms with Crippen molar-refractivity contribution in [3.8, 4) is 0 Å². The number of guanidine groups is 1. The van der Waals surface area contributed by atoms with E-state index in [2.05, 4.69) is 34.4 Å². The van der Waals surface area contributed by atoms with E-state index in [1.807, 2.05) is 6.92 Å². The van der Waals surface area contributed by atoms with Crippen molar-refractivity contribution in [2.45, 2.75) is 57.2 Å². The summed E-state index contributed by atoms with van der Waals surface area (Å²) in [5, 5.41) is 7.33. The van der Waals surface area contributed by atoms with E-state index in [1.54, 1.807) is 0 Å². The number of nitrogens with zero attached hydrogens (tertiary/aromatic N) is 3. The lowest BCUT2D eigenvalue weighted by Gasteiger charge is -2.30. The van der Waals surface area contributed by atoms with Crippen LogP contribution in [0.2, 0.25) is 0 Å². The summed E-state index contributed by atoms with van der Waals surface area (Å²) in [4.78, 5) is 9.74. The van der Waals surface area contributed by atoms with Crippen LogP contribution in [0, 0.1) is 0 Å². The van der Waals surface area contributed by atoms with Crippen molar-refractivity contribution in [2.24, 2.45) is 4.99 Å². The molecule has 1 aliphatic carbocycles. The average molecular weight is 514 g/mol. The Labute approximate surface area is 185 Å². The molecule has 3 atom stereocenters.